The zero-order valence-electron chi connectivity index (χ0n) is 17.1. The first-order valence-electron chi connectivity index (χ1n) is 9.37. The lowest BCUT2D eigenvalue weighted by atomic mass is 10.1. The number of benzene rings is 2. The molecule has 0 heterocycles. The maximum Gasteiger partial charge on any atom is 0.244 e. The Labute approximate surface area is 171 Å². The molecule has 0 radical (unpaired) electrons. The molecule has 1 amide bonds. The van der Waals surface area contributed by atoms with Gasteiger partial charge in [0.2, 0.25) is 15.9 Å². The minimum Gasteiger partial charge on any atom is -0.491 e. The van der Waals surface area contributed by atoms with Gasteiger partial charge in [-0.25, -0.2) is 12.8 Å². The van der Waals surface area contributed by atoms with Crippen LogP contribution in [0.2, 0.25) is 0 Å². The quantitative estimate of drug-likeness (QED) is 0.630. The van der Waals surface area contributed by atoms with Crippen molar-refractivity contribution in [1.29, 1.82) is 0 Å². The van der Waals surface area contributed by atoms with Gasteiger partial charge in [0.1, 0.15) is 24.2 Å². The van der Waals surface area contributed by atoms with Crippen LogP contribution in [0, 0.1) is 19.7 Å². The van der Waals surface area contributed by atoms with E-state index in [1.807, 2.05) is 32.0 Å². The number of para-hydroxylation sites is 1. The monoisotopic (exact) mass is 422 g/mol. The van der Waals surface area contributed by atoms with E-state index in [0.717, 1.165) is 33.5 Å². The number of anilines is 1. The molecule has 1 N–H and O–H groups in total. The number of sulfonamides is 1. The molecule has 2 aromatic carbocycles. The zero-order valence-corrected chi connectivity index (χ0v) is 17.9. The minimum atomic E-state index is -3.88. The Hall–Kier alpha value is -2.61. The fraction of sp³-hybridized carbons (Fsp3) is 0.381. The van der Waals surface area contributed by atoms with Crippen LogP contribution in [-0.4, -0.2) is 39.8 Å². The predicted octanol–water partition coefficient (Wildman–Crippen LogP) is 3.18. The second-order valence-electron chi connectivity index (χ2n) is 6.77. The average Bonchev–Trinajstić information content (AvgIpc) is 2.66. The summed E-state index contributed by atoms with van der Waals surface area (Å²) in [7, 11) is -3.88. The van der Waals surface area contributed by atoms with E-state index in [4.69, 9.17) is 4.74 Å². The van der Waals surface area contributed by atoms with E-state index < -0.39 is 27.8 Å². The topological polar surface area (TPSA) is 75.7 Å². The second kappa shape index (κ2) is 9.73. The van der Waals surface area contributed by atoms with Crippen LogP contribution in [0.1, 0.15) is 24.5 Å². The van der Waals surface area contributed by atoms with Gasteiger partial charge in [-0.1, -0.05) is 31.2 Å². The molecule has 0 saturated heterocycles. The third kappa shape index (κ3) is 5.69. The van der Waals surface area contributed by atoms with Crippen molar-refractivity contribution in [2.45, 2.75) is 33.2 Å². The van der Waals surface area contributed by atoms with Gasteiger partial charge in [-0.05, 0) is 49.6 Å². The maximum atomic E-state index is 14.2. The fourth-order valence-electron chi connectivity index (χ4n) is 3.00. The van der Waals surface area contributed by atoms with Crippen molar-refractivity contribution in [3.8, 4) is 5.75 Å². The average molecular weight is 423 g/mol. The third-order valence-electron chi connectivity index (χ3n) is 4.63. The van der Waals surface area contributed by atoms with Gasteiger partial charge in [0.05, 0.1) is 18.5 Å². The maximum absolute atomic E-state index is 14.2. The highest BCUT2D eigenvalue weighted by molar-refractivity contribution is 7.92. The van der Waals surface area contributed by atoms with Crippen LogP contribution in [-0.2, 0) is 14.8 Å². The summed E-state index contributed by atoms with van der Waals surface area (Å²) < 4.78 is 45.4. The van der Waals surface area contributed by atoms with Crippen molar-refractivity contribution in [3.05, 3.63) is 59.4 Å². The lowest BCUT2D eigenvalue weighted by molar-refractivity contribution is -0.122. The summed E-state index contributed by atoms with van der Waals surface area (Å²) in [4.78, 5) is 12.7. The first-order chi connectivity index (χ1) is 13.7. The number of halogens is 1. The molecule has 0 spiro atoms. The summed E-state index contributed by atoms with van der Waals surface area (Å²) in [6.45, 7) is 6.03. The van der Waals surface area contributed by atoms with Crippen LogP contribution in [0.4, 0.5) is 10.1 Å². The van der Waals surface area contributed by atoms with Crippen LogP contribution in [0.25, 0.3) is 0 Å². The Morgan fingerprint density at radius 2 is 1.86 bits per heavy atom. The van der Waals surface area contributed by atoms with Gasteiger partial charge < -0.3 is 10.1 Å². The fourth-order valence-corrected chi connectivity index (χ4v) is 4.21. The normalized spacial score (nSPS) is 12.3. The van der Waals surface area contributed by atoms with E-state index in [2.05, 4.69) is 5.32 Å². The largest absolute Gasteiger partial charge is 0.491 e. The molecular formula is C21H27FN2O4S. The van der Waals surface area contributed by atoms with E-state index in [9.17, 15) is 17.6 Å². The Morgan fingerprint density at radius 3 is 2.48 bits per heavy atom. The smallest absolute Gasteiger partial charge is 0.244 e. The molecule has 0 aliphatic rings. The van der Waals surface area contributed by atoms with Crippen LogP contribution in [0.15, 0.2) is 42.5 Å². The van der Waals surface area contributed by atoms with E-state index >= 15 is 0 Å². The van der Waals surface area contributed by atoms with Crippen LogP contribution in [0.3, 0.4) is 0 Å². The summed E-state index contributed by atoms with van der Waals surface area (Å²) in [5.41, 5.74) is 1.97. The Kier molecular flexibility index (Phi) is 7.61. The Morgan fingerprint density at radius 1 is 1.17 bits per heavy atom. The second-order valence-corrected chi connectivity index (χ2v) is 8.63. The van der Waals surface area contributed by atoms with Crippen LogP contribution >= 0.6 is 0 Å². The van der Waals surface area contributed by atoms with Crippen molar-refractivity contribution in [2.24, 2.45) is 0 Å². The molecule has 8 heteroatoms. The summed E-state index contributed by atoms with van der Waals surface area (Å²) in [6, 6.07) is 10.2. The number of aryl methyl sites for hydroxylation is 1. The predicted molar refractivity (Wildman–Crippen MR) is 112 cm³/mol. The molecule has 29 heavy (non-hydrogen) atoms. The number of carbonyl (C=O) groups excluding carboxylic acids is 1. The molecule has 0 aromatic heterocycles. The molecule has 0 unspecified atom stereocenters. The third-order valence-corrected chi connectivity index (χ3v) is 5.80. The number of carbonyl (C=O) groups is 1. The number of rotatable bonds is 9. The Bertz CT molecular complexity index is 963. The first-order valence-corrected chi connectivity index (χ1v) is 11.2. The molecule has 6 nitrogen and oxygen atoms in total. The van der Waals surface area contributed by atoms with Crippen molar-refractivity contribution in [3.63, 3.8) is 0 Å². The van der Waals surface area contributed by atoms with E-state index in [1.54, 1.807) is 6.92 Å². The highest BCUT2D eigenvalue weighted by Crippen LogP contribution is 2.25. The van der Waals surface area contributed by atoms with Gasteiger partial charge >= 0.3 is 0 Å². The molecule has 0 aliphatic heterocycles. The van der Waals surface area contributed by atoms with Crippen LogP contribution in [0.5, 0.6) is 5.75 Å². The SMILES string of the molecule is CC[C@H](C(=O)NCCOc1cccc(C)c1C)N(c1ccccc1F)S(C)(=O)=O. The number of nitrogens with zero attached hydrogens (tertiary/aromatic N) is 1. The molecule has 1 atom stereocenters. The van der Waals surface area contributed by atoms with E-state index in [1.165, 1.54) is 18.2 Å². The van der Waals surface area contributed by atoms with Crippen molar-refractivity contribution in [2.75, 3.05) is 23.7 Å². The molecule has 2 aromatic rings. The first kappa shape index (κ1) is 22.7. The lowest BCUT2D eigenvalue weighted by Gasteiger charge is -2.30. The lowest BCUT2D eigenvalue weighted by Crippen LogP contribution is -2.50. The van der Waals surface area contributed by atoms with Gasteiger partial charge in [0.25, 0.3) is 0 Å². The summed E-state index contributed by atoms with van der Waals surface area (Å²) in [5, 5.41) is 2.69. The summed E-state index contributed by atoms with van der Waals surface area (Å²) in [6.07, 6.45) is 1.14. The van der Waals surface area contributed by atoms with Gasteiger partial charge in [0, 0.05) is 0 Å². The number of hydrogen-bond donors (Lipinski definition) is 1. The van der Waals surface area contributed by atoms with Crippen molar-refractivity contribution in [1.82, 2.24) is 5.32 Å². The van der Waals surface area contributed by atoms with Crippen molar-refractivity contribution < 1.29 is 22.3 Å². The highest BCUT2D eigenvalue weighted by Gasteiger charge is 2.32. The molecule has 0 aliphatic carbocycles. The molecule has 0 fully saturated rings. The standard InChI is InChI=1S/C21H27FN2O4S/c1-5-18(24(29(4,26)27)19-11-7-6-10-17(19)22)21(25)23-13-14-28-20-12-8-9-15(2)16(20)3/h6-12,18H,5,13-14H2,1-4H3,(H,23,25)/t18-/m1/s1. The number of ether oxygens (including phenoxy) is 1. The molecule has 158 valence electrons. The van der Waals surface area contributed by atoms with Crippen molar-refractivity contribution >= 4 is 21.6 Å². The molecule has 2 rings (SSSR count). The number of amides is 1. The summed E-state index contributed by atoms with van der Waals surface area (Å²) in [5.74, 6) is -0.483. The zero-order chi connectivity index (χ0) is 21.6. The van der Waals surface area contributed by atoms with Gasteiger partial charge in [0.15, 0.2) is 0 Å². The molecule has 0 bridgehead atoms. The minimum absolute atomic E-state index is 0.149. The van der Waals surface area contributed by atoms with Crippen LogP contribution < -0.4 is 14.4 Å². The van der Waals surface area contributed by atoms with E-state index in [0.29, 0.717) is 0 Å². The molecular weight excluding hydrogens is 395 g/mol. The summed E-state index contributed by atoms with van der Waals surface area (Å²) >= 11 is 0. The van der Waals surface area contributed by atoms with E-state index in [-0.39, 0.29) is 25.3 Å². The Balaban J connectivity index is 2.08. The van der Waals surface area contributed by atoms with Gasteiger partial charge in [-0.15, -0.1) is 0 Å². The van der Waals surface area contributed by atoms with Gasteiger partial charge in [-0.3, -0.25) is 9.10 Å². The number of hydrogen-bond acceptors (Lipinski definition) is 4. The van der Waals surface area contributed by atoms with Gasteiger partial charge in [-0.2, -0.15) is 0 Å². The molecule has 0 saturated carbocycles. The number of nitrogens with one attached hydrogen (secondary N) is 1. The highest BCUT2D eigenvalue weighted by atomic mass is 32.2.